The second-order valence-electron chi connectivity index (χ2n) is 4.06. The summed E-state index contributed by atoms with van der Waals surface area (Å²) in [4.78, 5) is 12.1. The Morgan fingerprint density at radius 2 is 1.95 bits per heavy atom. The van der Waals surface area contributed by atoms with Gasteiger partial charge in [0.05, 0.1) is 5.56 Å². The van der Waals surface area contributed by atoms with Gasteiger partial charge < -0.3 is 4.74 Å². The molecule has 0 radical (unpaired) electrons. The van der Waals surface area contributed by atoms with Gasteiger partial charge in [-0.15, -0.1) is 0 Å². The molecule has 0 bridgehead atoms. The molecule has 1 atom stereocenters. The van der Waals surface area contributed by atoms with Crippen LogP contribution in [0.1, 0.15) is 17.3 Å². The fourth-order valence-corrected chi connectivity index (χ4v) is 1.86. The topological polar surface area (TPSA) is 26.3 Å². The highest BCUT2D eigenvalue weighted by Crippen LogP contribution is 2.20. The highest BCUT2D eigenvalue weighted by atomic mass is 35.5. The second kappa shape index (κ2) is 5.85. The summed E-state index contributed by atoms with van der Waals surface area (Å²) >= 11 is 5.83. The molecule has 2 aromatic rings. The monoisotopic (exact) mass is 278 g/mol. The first-order chi connectivity index (χ1) is 9.08. The molecule has 2 rings (SSSR count). The number of ketones is 1. The van der Waals surface area contributed by atoms with Crippen LogP contribution in [0.15, 0.2) is 48.5 Å². The average molecular weight is 279 g/mol. The number of hydrogen-bond acceptors (Lipinski definition) is 2. The lowest BCUT2D eigenvalue weighted by Crippen LogP contribution is -2.24. The molecule has 1 unspecified atom stereocenters. The molecule has 98 valence electrons. The van der Waals surface area contributed by atoms with Gasteiger partial charge in [-0.3, -0.25) is 4.79 Å². The van der Waals surface area contributed by atoms with Crippen molar-refractivity contribution in [3.05, 3.63) is 64.9 Å². The molecule has 2 aromatic carbocycles. The number of rotatable bonds is 4. The van der Waals surface area contributed by atoms with Crippen LogP contribution in [-0.2, 0) is 0 Å². The molecule has 2 nitrogen and oxygen atoms in total. The predicted molar refractivity (Wildman–Crippen MR) is 72.3 cm³/mol. The molecule has 0 aliphatic rings. The van der Waals surface area contributed by atoms with Crippen LogP contribution in [0, 0.1) is 5.82 Å². The largest absolute Gasteiger partial charge is 0.483 e. The zero-order valence-electron chi connectivity index (χ0n) is 10.3. The van der Waals surface area contributed by atoms with Crippen molar-refractivity contribution in [3.63, 3.8) is 0 Å². The molecule has 0 aliphatic heterocycles. The van der Waals surface area contributed by atoms with Crippen LogP contribution in [-0.4, -0.2) is 11.9 Å². The number of benzene rings is 2. The molecule has 0 spiro atoms. The van der Waals surface area contributed by atoms with Gasteiger partial charge in [0.15, 0.2) is 6.10 Å². The van der Waals surface area contributed by atoms with Gasteiger partial charge in [-0.2, -0.15) is 0 Å². The summed E-state index contributed by atoms with van der Waals surface area (Å²) in [6.07, 6.45) is -0.782. The number of Topliss-reactive ketones (excluding diaryl/α,β-unsaturated/α-hetero) is 1. The molecule has 0 heterocycles. The molecule has 0 saturated heterocycles. The average Bonchev–Trinajstić information content (AvgIpc) is 2.38. The van der Waals surface area contributed by atoms with Crippen molar-refractivity contribution < 1.29 is 13.9 Å². The van der Waals surface area contributed by atoms with Crippen molar-refractivity contribution in [3.8, 4) is 5.75 Å². The van der Waals surface area contributed by atoms with E-state index < -0.39 is 17.7 Å². The van der Waals surface area contributed by atoms with E-state index in [1.807, 2.05) is 0 Å². The summed E-state index contributed by atoms with van der Waals surface area (Å²) < 4.78 is 19.0. The lowest BCUT2D eigenvalue weighted by Gasteiger charge is -2.14. The molecule has 0 amide bonds. The Bertz CT molecular complexity index is 598. The van der Waals surface area contributed by atoms with Gasteiger partial charge in [-0.25, -0.2) is 4.39 Å². The van der Waals surface area contributed by atoms with E-state index in [0.717, 1.165) is 0 Å². The highest BCUT2D eigenvalue weighted by molar-refractivity contribution is 6.30. The van der Waals surface area contributed by atoms with E-state index in [2.05, 4.69) is 0 Å². The number of halogens is 2. The van der Waals surface area contributed by atoms with Crippen LogP contribution in [0.25, 0.3) is 0 Å². The Labute approximate surface area is 115 Å². The first kappa shape index (κ1) is 13.6. The Kier molecular flexibility index (Phi) is 4.17. The second-order valence-corrected chi connectivity index (χ2v) is 4.50. The normalized spacial score (nSPS) is 11.9. The summed E-state index contributed by atoms with van der Waals surface area (Å²) in [5.41, 5.74) is 0.0250. The van der Waals surface area contributed by atoms with Gasteiger partial charge >= 0.3 is 0 Å². The minimum absolute atomic E-state index is 0.0250. The molecule has 0 N–H and O–H groups in total. The zero-order chi connectivity index (χ0) is 13.8. The summed E-state index contributed by atoms with van der Waals surface area (Å²) in [6, 6.07) is 12.6. The minimum Gasteiger partial charge on any atom is -0.483 e. The van der Waals surface area contributed by atoms with Crippen LogP contribution >= 0.6 is 11.6 Å². The van der Waals surface area contributed by atoms with Crippen LogP contribution in [0.2, 0.25) is 5.02 Å². The van der Waals surface area contributed by atoms with Crippen molar-refractivity contribution in [2.75, 3.05) is 0 Å². The SMILES string of the molecule is CC(Oc1cccc(Cl)c1)C(=O)c1ccccc1F. The standard InChI is InChI=1S/C15H12ClFO2/c1-10(19-12-6-4-5-11(16)9-12)15(18)13-7-2-3-8-14(13)17/h2-10H,1H3. The maximum absolute atomic E-state index is 13.5. The maximum atomic E-state index is 13.5. The van der Waals surface area contributed by atoms with Gasteiger partial charge in [0.1, 0.15) is 11.6 Å². The van der Waals surface area contributed by atoms with E-state index in [1.165, 1.54) is 18.2 Å². The molecule has 0 fully saturated rings. The smallest absolute Gasteiger partial charge is 0.205 e. The molecule has 0 aromatic heterocycles. The van der Waals surface area contributed by atoms with Crippen molar-refractivity contribution in [2.24, 2.45) is 0 Å². The first-order valence-electron chi connectivity index (χ1n) is 5.79. The lowest BCUT2D eigenvalue weighted by atomic mass is 10.1. The van der Waals surface area contributed by atoms with Gasteiger partial charge in [0.2, 0.25) is 5.78 Å². The Hall–Kier alpha value is -1.87. The van der Waals surface area contributed by atoms with Crippen molar-refractivity contribution in [1.29, 1.82) is 0 Å². The van der Waals surface area contributed by atoms with Crippen molar-refractivity contribution >= 4 is 17.4 Å². The summed E-state index contributed by atoms with van der Waals surface area (Å²) in [5.74, 6) is -0.475. The van der Waals surface area contributed by atoms with Crippen LogP contribution in [0.4, 0.5) is 4.39 Å². The third-order valence-electron chi connectivity index (χ3n) is 2.62. The predicted octanol–water partition coefficient (Wildman–Crippen LogP) is 4.13. The summed E-state index contributed by atoms with van der Waals surface area (Å²) in [5, 5.41) is 0.517. The Morgan fingerprint density at radius 3 is 2.63 bits per heavy atom. The number of carbonyl (C=O) groups is 1. The van der Waals surface area contributed by atoms with Crippen LogP contribution < -0.4 is 4.74 Å². The molecule has 4 heteroatoms. The van der Waals surface area contributed by atoms with Gasteiger partial charge in [0.25, 0.3) is 0 Å². The van der Waals surface area contributed by atoms with E-state index >= 15 is 0 Å². The first-order valence-corrected chi connectivity index (χ1v) is 6.16. The highest BCUT2D eigenvalue weighted by Gasteiger charge is 2.19. The molecule has 0 aliphatic carbocycles. The van der Waals surface area contributed by atoms with E-state index in [1.54, 1.807) is 37.3 Å². The van der Waals surface area contributed by atoms with Crippen molar-refractivity contribution in [1.82, 2.24) is 0 Å². The van der Waals surface area contributed by atoms with Gasteiger partial charge in [0, 0.05) is 5.02 Å². The van der Waals surface area contributed by atoms with Crippen molar-refractivity contribution in [2.45, 2.75) is 13.0 Å². The number of carbonyl (C=O) groups excluding carboxylic acids is 1. The van der Waals surface area contributed by atoms with E-state index in [9.17, 15) is 9.18 Å². The van der Waals surface area contributed by atoms with Gasteiger partial charge in [-0.1, -0.05) is 29.8 Å². The Morgan fingerprint density at radius 1 is 1.21 bits per heavy atom. The summed E-state index contributed by atoms with van der Waals surface area (Å²) in [7, 11) is 0. The molecular weight excluding hydrogens is 267 g/mol. The molecule has 19 heavy (non-hydrogen) atoms. The fourth-order valence-electron chi connectivity index (χ4n) is 1.68. The molecule has 0 saturated carbocycles. The lowest BCUT2D eigenvalue weighted by molar-refractivity contribution is 0.0814. The third kappa shape index (κ3) is 3.32. The van der Waals surface area contributed by atoms with E-state index in [0.29, 0.717) is 10.8 Å². The Balaban J connectivity index is 2.14. The summed E-state index contributed by atoms with van der Waals surface area (Å²) in [6.45, 7) is 1.58. The zero-order valence-corrected chi connectivity index (χ0v) is 11.0. The fraction of sp³-hybridized carbons (Fsp3) is 0.133. The number of hydrogen-bond donors (Lipinski definition) is 0. The van der Waals surface area contributed by atoms with Crippen LogP contribution in [0.3, 0.4) is 0 Å². The van der Waals surface area contributed by atoms with E-state index in [-0.39, 0.29) is 5.56 Å². The quantitative estimate of drug-likeness (QED) is 0.786. The minimum atomic E-state index is -0.782. The van der Waals surface area contributed by atoms with E-state index in [4.69, 9.17) is 16.3 Å². The number of ether oxygens (including phenoxy) is 1. The van der Waals surface area contributed by atoms with Crippen LogP contribution in [0.5, 0.6) is 5.75 Å². The molecular formula is C15H12ClFO2. The maximum Gasteiger partial charge on any atom is 0.205 e. The third-order valence-corrected chi connectivity index (χ3v) is 2.85. The van der Waals surface area contributed by atoms with Gasteiger partial charge in [-0.05, 0) is 37.3 Å².